The van der Waals surface area contributed by atoms with Crippen LogP contribution in [0.1, 0.15) is 52.4 Å². The van der Waals surface area contributed by atoms with Crippen LogP contribution in [0.25, 0.3) is 10.9 Å². The molecule has 184 valence electrons. The molecule has 1 amide bonds. The molecule has 4 rings (SSSR count). The molecule has 0 atom stereocenters. The zero-order valence-electron chi connectivity index (χ0n) is 20.7. The Morgan fingerprint density at radius 2 is 1.94 bits per heavy atom. The van der Waals surface area contributed by atoms with E-state index >= 15 is 0 Å². The number of cyclic esters (lactones) is 1. The molecule has 0 bridgehead atoms. The van der Waals surface area contributed by atoms with Crippen LogP contribution < -0.4 is 14.8 Å². The van der Waals surface area contributed by atoms with E-state index in [9.17, 15) is 9.59 Å². The van der Waals surface area contributed by atoms with Crippen molar-refractivity contribution in [2.24, 2.45) is 0 Å². The molecule has 2 aromatic carbocycles. The number of amides is 1. The first-order valence-electron chi connectivity index (χ1n) is 11.8. The molecule has 1 aromatic heterocycles. The summed E-state index contributed by atoms with van der Waals surface area (Å²) >= 11 is 0. The molecule has 0 unspecified atom stereocenters. The standard InChI is InChI=1S/C28H32N2O5/c1-17(10-12-24(31)29-14-13-19-15-30-23-8-6-5-7-20(19)23)9-11-21-26(33-3)18(2)22-16-35-28(32)25(22)27(21)34-4/h5-9,15,30H,10-14,16H2,1-4H3,(H,29,31)/b17-9+. The number of fused-ring (bicyclic) bond motifs is 2. The van der Waals surface area contributed by atoms with Gasteiger partial charge in [0.2, 0.25) is 5.91 Å². The Balaban J connectivity index is 1.34. The van der Waals surface area contributed by atoms with Gasteiger partial charge in [0.1, 0.15) is 23.7 Å². The molecule has 2 N–H and O–H groups in total. The first-order valence-corrected chi connectivity index (χ1v) is 11.8. The lowest BCUT2D eigenvalue weighted by Crippen LogP contribution is -2.25. The molecule has 1 aliphatic rings. The number of nitrogens with one attached hydrogen (secondary N) is 2. The number of hydrogen-bond donors (Lipinski definition) is 2. The number of benzene rings is 2. The van der Waals surface area contributed by atoms with Crippen LogP contribution in [0.4, 0.5) is 0 Å². The van der Waals surface area contributed by atoms with Crippen molar-refractivity contribution in [2.45, 2.75) is 46.1 Å². The van der Waals surface area contributed by atoms with E-state index in [4.69, 9.17) is 14.2 Å². The van der Waals surface area contributed by atoms with Crippen LogP contribution in [-0.2, 0) is 29.0 Å². The number of aromatic nitrogens is 1. The average molecular weight is 477 g/mol. The SMILES string of the molecule is COc1c(C)c2c(c(OC)c1C/C=C(\C)CCC(=O)NCCc1c[nH]c3ccccc13)C(=O)OC2. The molecule has 3 aromatic rings. The van der Waals surface area contributed by atoms with E-state index in [-0.39, 0.29) is 18.5 Å². The molecule has 0 aliphatic carbocycles. The second-order valence-corrected chi connectivity index (χ2v) is 8.81. The first kappa shape index (κ1) is 24.4. The number of carbonyl (C=O) groups excluding carboxylic acids is 2. The third-order valence-corrected chi connectivity index (χ3v) is 6.62. The molecule has 7 nitrogen and oxygen atoms in total. The Labute approximate surface area is 205 Å². The number of para-hydroxylation sites is 1. The van der Waals surface area contributed by atoms with Crippen molar-refractivity contribution in [1.29, 1.82) is 0 Å². The minimum atomic E-state index is -0.367. The van der Waals surface area contributed by atoms with Gasteiger partial charge in [0, 0.05) is 41.2 Å². The number of methoxy groups -OCH3 is 2. The second-order valence-electron chi connectivity index (χ2n) is 8.81. The number of allylic oxidation sites excluding steroid dienone is 2. The highest BCUT2D eigenvalue weighted by Crippen LogP contribution is 2.42. The molecular weight excluding hydrogens is 444 g/mol. The molecule has 0 saturated carbocycles. The molecule has 7 heteroatoms. The van der Waals surface area contributed by atoms with Crippen LogP contribution in [0, 0.1) is 6.92 Å². The lowest BCUT2D eigenvalue weighted by molar-refractivity contribution is -0.121. The molecule has 0 spiro atoms. The van der Waals surface area contributed by atoms with Gasteiger partial charge < -0.3 is 24.5 Å². The Bertz CT molecular complexity index is 1290. The minimum absolute atomic E-state index is 0.0314. The summed E-state index contributed by atoms with van der Waals surface area (Å²) in [5.41, 5.74) is 6.41. The molecule has 35 heavy (non-hydrogen) atoms. The summed E-state index contributed by atoms with van der Waals surface area (Å²) in [5, 5.41) is 4.22. The summed E-state index contributed by atoms with van der Waals surface area (Å²) in [4.78, 5) is 27.9. The van der Waals surface area contributed by atoms with E-state index < -0.39 is 0 Å². The van der Waals surface area contributed by atoms with Gasteiger partial charge in [-0.3, -0.25) is 4.79 Å². The van der Waals surface area contributed by atoms with Gasteiger partial charge in [-0.2, -0.15) is 0 Å². The van der Waals surface area contributed by atoms with Crippen molar-refractivity contribution < 1.29 is 23.8 Å². The topological polar surface area (TPSA) is 89.7 Å². The van der Waals surface area contributed by atoms with E-state index in [0.29, 0.717) is 42.9 Å². The predicted octanol–water partition coefficient (Wildman–Crippen LogP) is 4.79. The lowest BCUT2D eigenvalue weighted by Gasteiger charge is -2.18. The summed E-state index contributed by atoms with van der Waals surface area (Å²) in [7, 11) is 3.17. The third kappa shape index (κ3) is 5.04. The quantitative estimate of drug-likeness (QED) is 0.324. The number of hydrogen-bond acceptors (Lipinski definition) is 5. The van der Waals surface area contributed by atoms with E-state index in [1.807, 2.05) is 38.2 Å². The maximum Gasteiger partial charge on any atom is 0.342 e. The van der Waals surface area contributed by atoms with E-state index in [1.165, 1.54) is 10.9 Å². The van der Waals surface area contributed by atoms with Crippen molar-refractivity contribution in [2.75, 3.05) is 20.8 Å². The monoisotopic (exact) mass is 476 g/mol. The highest BCUT2D eigenvalue weighted by Gasteiger charge is 2.32. The van der Waals surface area contributed by atoms with Crippen LogP contribution in [-0.4, -0.2) is 37.6 Å². The molecule has 1 aliphatic heterocycles. The highest BCUT2D eigenvalue weighted by atomic mass is 16.5. The fraction of sp³-hybridized carbons (Fsp3) is 0.357. The van der Waals surface area contributed by atoms with Crippen LogP contribution >= 0.6 is 0 Å². The van der Waals surface area contributed by atoms with Crippen molar-refractivity contribution in [3.8, 4) is 11.5 Å². The van der Waals surface area contributed by atoms with E-state index in [1.54, 1.807) is 14.2 Å². The summed E-state index contributed by atoms with van der Waals surface area (Å²) in [5.74, 6) is 0.875. The van der Waals surface area contributed by atoms with Crippen LogP contribution in [0.5, 0.6) is 11.5 Å². The van der Waals surface area contributed by atoms with Gasteiger partial charge >= 0.3 is 5.97 Å². The van der Waals surface area contributed by atoms with Gasteiger partial charge in [0.15, 0.2) is 0 Å². The van der Waals surface area contributed by atoms with Gasteiger partial charge in [-0.05, 0) is 50.3 Å². The largest absolute Gasteiger partial charge is 0.496 e. The first-order chi connectivity index (χ1) is 16.9. The molecule has 2 heterocycles. The minimum Gasteiger partial charge on any atom is -0.496 e. The Morgan fingerprint density at radius 3 is 2.71 bits per heavy atom. The van der Waals surface area contributed by atoms with Gasteiger partial charge in [0.05, 0.1) is 14.2 Å². The number of carbonyl (C=O) groups is 2. The van der Waals surface area contributed by atoms with Crippen molar-refractivity contribution in [3.05, 3.63) is 69.9 Å². The smallest absolute Gasteiger partial charge is 0.342 e. The molecular formula is C28H32N2O5. The van der Waals surface area contributed by atoms with Crippen LogP contribution in [0.3, 0.4) is 0 Å². The molecule has 0 saturated heterocycles. The Hall–Kier alpha value is -3.74. The van der Waals surface area contributed by atoms with E-state index in [0.717, 1.165) is 34.2 Å². The summed E-state index contributed by atoms with van der Waals surface area (Å²) < 4.78 is 16.5. The zero-order chi connectivity index (χ0) is 24.9. The highest BCUT2D eigenvalue weighted by molar-refractivity contribution is 5.98. The normalized spacial score (nSPS) is 13.0. The van der Waals surface area contributed by atoms with Gasteiger partial charge in [-0.25, -0.2) is 4.79 Å². The van der Waals surface area contributed by atoms with Crippen molar-refractivity contribution in [3.63, 3.8) is 0 Å². The summed E-state index contributed by atoms with van der Waals surface area (Å²) in [6.45, 7) is 4.77. The third-order valence-electron chi connectivity index (χ3n) is 6.62. The lowest BCUT2D eigenvalue weighted by atomic mass is 9.94. The number of ether oxygens (including phenoxy) is 3. The van der Waals surface area contributed by atoms with Gasteiger partial charge in [-0.15, -0.1) is 0 Å². The number of esters is 1. The molecule has 0 fully saturated rings. The summed E-state index contributed by atoms with van der Waals surface area (Å²) in [6, 6.07) is 8.17. The van der Waals surface area contributed by atoms with Gasteiger partial charge in [-0.1, -0.05) is 29.8 Å². The molecule has 0 radical (unpaired) electrons. The van der Waals surface area contributed by atoms with Gasteiger partial charge in [0.25, 0.3) is 0 Å². The maximum atomic E-state index is 12.4. The second kappa shape index (κ2) is 10.7. The zero-order valence-corrected chi connectivity index (χ0v) is 20.7. The summed E-state index contributed by atoms with van der Waals surface area (Å²) in [6.07, 6.45) is 6.44. The number of aromatic amines is 1. The van der Waals surface area contributed by atoms with Crippen LogP contribution in [0.15, 0.2) is 42.1 Å². The number of H-pyrrole nitrogens is 1. The van der Waals surface area contributed by atoms with E-state index in [2.05, 4.69) is 22.4 Å². The van der Waals surface area contributed by atoms with Crippen molar-refractivity contribution >= 4 is 22.8 Å². The predicted molar refractivity (Wildman–Crippen MR) is 135 cm³/mol. The fourth-order valence-corrected chi connectivity index (χ4v) is 4.69. The Morgan fingerprint density at radius 1 is 1.17 bits per heavy atom. The maximum absolute atomic E-state index is 12.4. The van der Waals surface area contributed by atoms with Crippen molar-refractivity contribution in [1.82, 2.24) is 10.3 Å². The average Bonchev–Trinajstić information content (AvgIpc) is 3.45. The number of rotatable bonds is 10. The fourth-order valence-electron chi connectivity index (χ4n) is 4.69. The van der Waals surface area contributed by atoms with Crippen LogP contribution in [0.2, 0.25) is 0 Å². The Kier molecular flexibility index (Phi) is 7.44.